The average Bonchev–Trinajstić information content (AvgIpc) is 3.03. The molecule has 0 radical (unpaired) electrons. The van der Waals surface area contributed by atoms with Crippen molar-refractivity contribution in [2.45, 2.75) is 32.2 Å². The number of nitrogens with zero attached hydrogens (tertiary/aromatic N) is 3. The highest BCUT2D eigenvalue weighted by molar-refractivity contribution is 5.56. The third-order valence-electron chi connectivity index (χ3n) is 3.71. The molecule has 2 atom stereocenters. The molecule has 1 aliphatic carbocycles. The minimum atomic E-state index is 0.559. The Morgan fingerprint density at radius 3 is 2.94 bits per heavy atom. The molecule has 2 unspecified atom stereocenters. The molecule has 1 aliphatic rings. The fraction of sp³-hybridized carbons (Fsp3) is 0.429. The maximum atomic E-state index is 4.43. The SMILES string of the molecule is CC1CCCC1Nc1cccnc1-n1cccn1. The summed E-state index contributed by atoms with van der Waals surface area (Å²) in [6, 6.07) is 6.52. The van der Waals surface area contributed by atoms with E-state index >= 15 is 0 Å². The summed E-state index contributed by atoms with van der Waals surface area (Å²) in [5, 5.41) is 7.88. The van der Waals surface area contributed by atoms with E-state index in [1.165, 1.54) is 19.3 Å². The van der Waals surface area contributed by atoms with E-state index in [1.54, 1.807) is 12.4 Å². The van der Waals surface area contributed by atoms with Crippen LogP contribution >= 0.6 is 0 Å². The van der Waals surface area contributed by atoms with Crippen molar-refractivity contribution in [3.63, 3.8) is 0 Å². The van der Waals surface area contributed by atoms with E-state index in [2.05, 4.69) is 28.4 Å². The highest BCUT2D eigenvalue weighted by Crippen LogP contribution is 2.29. The number of hydrogen-bond acceptors (Lipinski definition) is 3. The van der Waals surface area contributed by atoms with Crippen LogP contribution in [0.1, 0.15) is 26.2 Å². The third-order valence-corrected chi connectivity index (χ3v) is 3.71. The lowest BCUT2D eigenvalue weighted by Gasteiger charge is -2.20. The lowest BCUT2D eigenvalue weighted by atomic mass is 10.1. The monoisotopic (exact) mass is 242 g/mol. The Morgan fingerprint density at radius 2 is 2.22 bits per heavy atom. The van der Waals surface area contributed by atoms with Crippen molar-refractivity contribution in [1.82, 2.24) is 14.8 Å². The Labute approximate surface area is 107 Å². The first-order valence-corrected chi connectivity index (χ1v) is 6.56. The number of rotatable bonds is 3. The van der Waals surface area contributed by atoms with Gasteiger partial charge in [-0.25, -0.2) is 9.67 Å². The molecule has 0 spiro atoms. The van der Waals surface area contributed by atoms with Crippen LogP contribution in [0.3, 0.4) is 0 Å². The van der Waals surface area contributed by atoms with Gasteiger partial charge >= 0.3 is 0 Å². The zero-order valence-corrected chi connectivity index (χ0v) is 10.6. The van der Waals surface area contributed by atoms with Gasteiger partial charge in [0.1, 0.15) is 0 Å². The Bertz CT molecular complexity index is 506. The van der Waals surface area contributed by atoms with Crippen molar-refractivity contribution < 1.29 is 0 Å². The zero-order valence-electron chi connectivity index (χ0n) is 10.6. The minimum absolute atomic E-state index is 0.559. The predicted molar refractivity (Wildman–Crippen MR) is 71.8 cm³/mol. The van der Waals surface area contributed by atoms with Gasteiger partial charge in [-0.3, -0.25) is 0 Å². The third kappa shape index (κ3) is 2.10. The molecular weight excluding hydrogens is 224 g/mol. The lowest BCUT2D eigenvalue weighted by Crippen LogP contribution is -2.23. The molecule has 4 nitrogen and oxygen atoms in total. The molecule has 3 rings (SSSR count). The number of anilines is 1. The van der Waals surface area contributed by atoms with Gasteiger partial charge in [0.25, 0.3) is 0 Å². The smallest absolute Gasteiger partial charge is 0.176 e. The lowest BCUT2D eigenvalue weighted by molar-refractivity contribution is 0.555. The number of aromatic nitrogens is 3. The summed E-state index contributed by atoms with van der Waals surface area (Å²) in [6.07, 6.45) is 9.38. The van der Waals surface area contributed by atoms with Crippen molar-refractivity contribution in [2.75, 3.05) is 5.32 Å². The van der Waals surface area contributed by atoms with Gasteiger partial charge < -0.3 is 5.32 Å². The molecule has 1 fully saturated rings. The van der Waals surface area contributed by atoms with E-state index in [0.29, 0.717) is 6.04 Å². The molecule has 4 heteroatoms. The van der Waals surface area contributed by atoms with Crippen molar-refractivity contribution in [1.29, 1.82) is 0 Å². The van der Waals surface area contributed by atoms with E-state index in [1.807, 2.05) is 23.0 Å². The van der Waals surface area contributed by atoms with Gasteiger partial charge in [0.15, 0.2) is 5.82 Å². The van der Waals surface area contributed by atoms with Crippen LogP contribution in [0.4, 0.5) is 5.69 Å². The van der Waals surface area contributed by atoms with Gasteiger partial charge in [0.2, 0.25) is 0 Å². The van der Waals surface area contributed by atoms with Crippen molar-refractivity contribution in [3.05, 3.63) is 36.8 Å². The first kappa shape index (κ1) is 11.3. The molecule has 94 valence electrons. The first-order chi connectivity index (χ1) is 8.84. The molecule has 1 saturated carbocycles. The van der Waals surface area contributed by atoms with E-state index in [0.717, 1.165) is 17.4 Å². The Hall–Kier alpha value is -1.84. The molecule has 2 aromatic heterocycles. The van der Waals surface area contributed by atoms with Crippen LogP contribution in [-0.2, 0) is 0 Å². The summed E-state index contributed by atoms with van der Waals surface area (Å²) in [5.74, 6) is 1.61. The molecule has 18 heavy (non-hydrogen) atoms. The van der Waals surface area contributed by atoms with Crippen LogP contribution in [-0.4, -0.2) is 20.8 Å². The Morgan fingerprint density at radius 1 is 1.28 bits per heavy atom. The standard InChI is InChI=1S/C14H18N4/c1-11-5-2-6-12(11)17-13-7-3-8-15-14(13)18-10-4-9-16-18/h3-4,7-12,17H,2,5-6H2,1H3. The number of nitrogens with one attached hydrogen (secondary N) is 1. The first-order valence-electron chi connectivity index (χ1n) is 6.56. The summed E-state index contributed by atoms with van der Waals surface area (Å²) in [5.41, 5.74) is 1.07. The summed E-state index contributed by atoms with van der Waals surface area (Å²) >= 11 is 0. The highest BCUT2D eigenvalue weighted by Gasteiger charge is 2.24. The minimum Gasteiger partial charge on any atom is -0.379 e. The average molecular weight is 242 g/mol. The van der Waals surface area contributed by atoms with Crippen LogP contribution in [0.2, 0.25) is 0 Å². The van der Waals surface area contributed by atoms with Crippen molar-refractivity contribution in [2.24, 2.45) is 5.92 Å². The molecule has 2 aromatic rings. The van der Waals surface area contributed by atoms with Crippen LogP contribution in [0.15, 0.2) is 36.8 Å². The molecule has 0 saturated heterocycles. The highest BCUT2D eigenvalue weighted by atomic mass is 15.3. The number of pyridine rings is 1. The Kier molecular flexibility index (Phi) is 3.00. The second-order valence-corrected chi connectivity index (χ2v) is 4.98. The summed E-state index contributed by atoms with van der Waals surface area (Å²) in [6.45, 7) is 2.31. The van der Waals surface area contributed by atoms with Crippen LogP contribution < -0.4 is 5.32 Å². The molecule has 0 bridgehead atoms. The van der Waals surface area contributed by atoms with Crippen LogP contribution in [0.25, 0.3) is 5.82 Å². The normalized spacial score (nSPS) is 23.2. The van der Waals surface area contributed by atoms with E-state index in [9.17, 15) is 0 Å². The fourth-order valence-corrected chi connectivity index (χ4v) is 2.65. The Balaban J connectivity index is 1.88. The summed E-state index contributed by atoms with van der Waals surface area (Å²) in [4.78, 5) is 4.43. The molecule has 0 amide bonds. The van der Waals surface area contributed by atoms with E-state index in [4.69, 9.17) is 0 Å². The fourth-order valence-electron chi connectivity index (χ4n) is 2.65. The maximum Gasteiger partial charge on any atom is 0.176 e. The largest absolute Gasteiger partial charge is 0.379 e. The van der Waals surface area contributed by atoms with Gasteiger partial charge in [-0.05, 0) is 37.0 Å². The zero-order chi connectivity index (χ0) is 12.4. The van der Waals surface area contributed by atoms with E-state index < -0.39 is 0 Å². The van der Waals surface area contributed by atoms with Gasteiger partial charge in [-0.1, -0.05) is 13.3 Å². The topological polar surface area (TPSA) is 42.7 Å². The molecule has 1 N–H and O–H groups in total. The van der Waals surface area contributed by atoms with Gasteiger partial charge in [0.05, 0.1) is 5.69 Å². The molecule has 0 aliphatic heterocycles. The second-order valence-electron chi connectivity index (χ2n) is 4.98. The maximum absolute atomic E-state index is 4.43. The van der Waals surface area contributed by atoms with E-state index in [-0.39, 0.29) is 0 Å². The van der Waals surface area contributed by atoms with Crippen LogP contribution in [0.5, 0.6) is 0 Å². The van der Waals surface area contributed by atoms with Gasteiger partial charge in [-0.15, -0.1) is 0 Å². The van der Waals surface area contributed by atoms with Crippen molar-refractivity contribution in [3.8, 4) is 5.82 Å². The summed E-state index contributed by atoms with van der Waals surface area (Å²) in [7, 11) is 0. The summed E-state index contributed by atoms with van der Waals surface area (Å²) < 4.78 is 1.81. The quantitative estimate of drug-likeness (QED) is 0.900. The second kappa shape index (κ2) is 4.80. The van der Waals surface area contributed by atoms with Gasteiger partial charge in [0, 0.05) is 24.6 Å². The molecule has 0 aromatic carbocycles. The molecule has 2 heterocycles. The predicted octanol–water partition coefficient (Wildman–Crippen LogP) is 2.87. The number of hydrogen-bond donors (Lipinski definition) is 1. The van der Waals surface area contributed by atoms with Crippen LogP contribution in [0, 0.1) is 5.92 Å². The van der Waals surface area contributed by atoms with Crippen molar-refractivity contribution >= 4 is 5.69 Å². The molecular formula is C14H18N4. The van der Waals surface area contributed by atoms with Gasteiger partial charge in [-0.2, -0.15) is 5.10 Å².